The van der Waals surface area contributed by atoms with Crippen LogP contribution in [0.1, 0.15) is 25.3 Å². The molecule has 0 fully saturated rings. The van der Waals surface area contributed by atoms with Crippen molar-refractivity contribution in [2.45, 2.75) is 24.7 Å². The number of carbonyl (C=O) groups excluding carboxylic acids is 1. The highest BCUT2D eigenvalue weighted by Crippen LogP contribution is 2.21. The van der Waals surface area contributed by atoms with Crippen LogP contribution in [0, 0.1) is 0 Å². The van der Waals surface area contributed by atoms with E-state index >= 15 is 0 Å². The minimum atomic E-state index is -3.73. The maximum Gasteiger partial charge on any atom is 0.263 e. The van der Waals surface area contributed by atoms with E-state index in [9.17, 15) is 13.2 Å². The molecule has 0 radical (unpaired) electrons. The third-order valence-corrected chi connectivity index (χ3v) is 6.35. The van der Waals surface area contributed by atoms with E-state index in [1.807, 2.05) is 24.3 Å². The van der Waals surface area contributed by atoms with Crippen molar-refractivity contribution in [3.8, 4) is 5.75 Å². The van der Waals surface area contributed by atoms with Gasteiger partial charge in [0.25, 0.3) is 10.0 Å². The van der Waals surface area contributed by atoms with Crippen molar-refractivity contribution in [2.75, 3.05) is 16.6 Å². The molecular weight excluding hydrogens is 434 g/mol. The molecule has 0 spiro atoms. The molecule has 1 heterocycles. The fraction of sp³-hybridized carbons (Fsp3) is 0.182. The lowest BCUT2D eigenvalue weighted by atomic mass is 10.2. The van der Waals surface area contributed by atoms with Gasteiger partial charge in [-0.2, -0.15) is 0 Å². The van der Waals surface area contributed by atoms with Gasteiger partial charge < -0.3 is 10.1 Å². The number of thiazole rings is 1. The Hall–Kier alpha value is -3.17. The number of hydrogen-bond donors (Lipinski definition) is 2. The van der Waals surface area contributed by atoms with Crippen molar-refractivity contribution in [1.82, 2.24) is 4.98 Å². The Kier molecular flexibility index (Phi) is 7.80. The van der Waals surface area contributed by atoms with E-state index < -0.39 is 10.0 Å². The molecule has 162 valence electrons. The lowest BCUT2D eigenvalue weighted by Crippen LogP contribution is -2.13. The molecule has 1 amide bonds. The molecule has 0 unspecified atom stereocenters. The number of benzene rings is 2. The number of amides is 1. The number of anilines is 2. The van der Waals surface area contributed by atoms with Crippen LogP contribution in [-0.2, 0) is 14.8 Å². The van der Waals surface area contributed by atoms with E-state index in [1.165, 1.54) is 47.9 Å². The third-order valence-electron chi connectivity index (χ3n) is 4.17. The molecule has 0 aliphatic carbocycles. The van der Waals surface area contributed by atoms with Crippen LogP contribution in [0.15, 0.2) is 71.1 Å². The van der Waals surface area contributed by atoms with Crippen molar-refractivity contribution >= 4 is 44.2 Å². The average Bonchev–Trinajstić information content (AvgIpc) is 3.26. The molecule has 0 saturated heterocycles. The van der Waals surface area contributed by atoms with Crippen LogP contribution >= 0.6 is 11.3 Å². The zero-order chi connectivity index (χ0) is 22.1. The zero-order valence-corrected chi connectivity index (χ0v) is 18.6. The van der Waals surface area contributed by atoms with Crippen molar-refractivity contribution < 1.29 is 17.9 Å². The molecule has 3 aromatic rings. The van der Waals surface area contributed by atoms with Gasteiger partial charge in [-0.05, 0) is 42.8 Å². The van der Waals surface area contributed by atoms with Gasteiger partial charge in [-0.25, -0.2) is 13.4 Å². The summed E-state index contributed by atoms with van der Waals surface area (Å²) in [6.45, 7) is 2.72. The van der Waals surface area contributed by atoms with E-state index in [0.717, 1.165) is 24.2 Å². The first-order valence-electron chi connectivity index (χ1n) is 9.71. The van der Waals surface area contributed by atoms with E-state index in [4.69, 9.17) is 4.74 Å². The SMILES string of the molecule is CCCCOc1ccccc1C=CC(=O)Nc1ccc(S(=O)(=O)Nc2nccs2)cc1. The summed E-state index contributed by atoms with van der Waals surface area (Å²) in [5.74, 6) is 0.391. The molecule has 9 heteroatoms. The standard InChI is InChI=1S/C22H23N3O4S2/c1-2-3-15-29-20-7-5-4-6-17(20)8-13-21(26)24-18-9-11-19(12-10-18)31(27,28)25-22-23-14-16-30-22/h4-14,16H,2-3,15H2,1H3,(H,23,25)(H,24,26). The number of aromatic nitrogens is 1. The number of unbranched alkanes of at least 4 members (excludes halogenated alkanes) is 1. The monoisotopic (exact) mass is 457 g/mol. The van der Waals surface area contributed by atoms with Gasteiger partial charge in [0.1, 0.15) is 5.75 Å². The van der Waals surface area contributed by atoms with Crippen molar-refractivity contribution in [3.05, 3.63) is 71.7 Å². The van der Waals surface area contributed by atoms with Crippen LogP contribution in [0.5, 0.6) is 5.75 Å². The highest BCUT2D eigenvalue weighted by Gasteiger charge is 2.15. The number of para-hydroxylation sites is 1. The molecule has 0 bridgehead atoms. The Labute approximate surface area is 185 Å². The zero-order valence-electron chi connectivity index (χ0n) is 16.9. The van der Waals surface area contributed by atoms with Crippen LogP contribution in [0.25, 0.3) is 6.08 Å². The predicted molar refractivity (Wildman–Crippen MR) is 124 cm³/mol. The minimum absolute atomic E-state index is 0.0781. The number of nitrogens with zero attached hydrogens (tertiary/aromatic N) is 1. The molecule has 3 rings (SSSR count). The number of rotatable bonds is 10. The molecule has 2 N–H and O–H groups in total. The largest absolute Gasteiger partial charge is 0.493 e. The van der Waals surface area contributed by atoms with Gasteiger partial charge in [0.05, 0.1) is 11.5 Å². The van der Waals surface area contributed by atoms with E-state index in [0.29, 0.717) is 17.4 Å². The summed E-state index contributed by atoms with van der Waals surface area (Å²) in [7, 11) is -3.73. The second-order valence-electron chi connectivity index (χ2n) is 6.53. The lowest BCUT2D eigenvalue weighted by Gasteiger charge is -2.08. The van der Waals surface area contributed by atoms with Crippen molar-refractivity contribution in [2.24, 2.45) is 0 Å². The fourth-order valence-electron chi connectivity index (χ4n) is 2.59. The minimum Gasteiger partial charge on any atom is -0.493 e. The predicted octanol–water partition coefficient (Wildman–Crippen LogP) is 4.77. The van der Waals surface area contributed by atoms with Crippen LogP contribution in [-0.4, -0.2) is 25.9 Å². The molecule has 7 nitrogen and oxygen atoms in total. The molecule has 0 aliphatic heterocycles. The van der Waals surface area contributed by atoms with Crippen LogP contribution in [0.3, 0.4) is 0 Å². The molecule has 0 saturated carbocycles. The number of hydrogen-bond acceptors (Lipinski definition) is 6. The average molecular weight is 458 g/mol. The first-order valence-corrected chi connectivity index (χ1v) is 12.1. The number of nitrogens with one attached hydrogen (secondary N) is 2. The normalized spacial score (nSPS) is 11.4. The Balaban J connectivity index is 1.61. The summed E-state index contributed by atoms with van der Waals surface area (Å²) in [6, 6.07) is 13.4. The van der Waals surface area contributed by atoms with Gasteiger partial charge in [0.2, 0.25) is 5.91 Å². The molecule has 0 atom stereocenters. The maximum absolute atomic E-state index is 12.4. The lowest BCUT2D eigenvalue weighted by molar-refractivity contribution is -0.111. The summed E-state index contributed by atoms with van der Waals surface area (Å²) < 4.78 is 32.9. The smallest absolute Gasteiger partial charge is 0.263 e. The van der Waals surface area contributed by atoms with E-state index in [2.05, 4.69) is 21.9 Å². The Morgan fingerprint density at radius 2 is 1.94 bits per heavy atom. The first-order chi connectivity index (χ1) is 15.0. The van der Waals surface area contributed by atoms with Crippen LogP contribution < -0.4 is 14.8 Å². The molecule has 2 aromatic carbocycles. The summed E-state index contributed by atoms with van der Waals surface area (Å²) in [4.78, 5) is 16.3. The van der Waals surface area contributed by atoms with Crippen LogP contribution in [0.2, 0.25) is 0 Å². The molecule has 0 aliphatic rings. The van der Waals surface area contributed by atoms with Gasteiger partial charge in [-0.15, -0.1) is 11.3 Å². The summed E-state index contributed by atoms with van der Waals surface area (Å²) >= 11 is 1.19. The van der Waals surface area contributed by atoms with Crippen molar-refractivity contribution in [1.29, 1.82) is 0 Å². The quantitative estimate of drug-likeness (QED) is 0.337. The fourth-order valence-corrected chi connectivity index (χ4v) is 4.38. The molecule has 31 heavy (non-hydrogen) atoms. The van der Waals surface area contributed by atoms with Gasteiger partial charge in [0, 0.05) is 28.9 Å². The highest BCUT2D eigenvalue weighted by molar-refractivity contribution is 7.93. The van der Waals surface area contributed by atoms with Gasteiger partial charge in [0.15, 0.2) is 5.13 Å². The Morgan fingerprint density at radius 3 is 2.65 bits per heavy atom. The first kappa shape index (κ1) is 22.5. The van der Waals surface area contributed by atoms with Crippen LogP contribution in [0.4, 0.5) is 10.8 Å². The summed E-state index contributed by atoms with van der Waals surface area (Å²) in [6.07, 6.45) is 6.62. The molecular formula is C22H23N3O4S2. The third kappa shape index (κ3) is 6.66. The van der Waals surface area contributed by atoms with E-state index in [-0.39, 0.29) is 10.8 Å². The second-order valence-corrected chi connectivity index (χ2v) is 9.11. The summed E-state index contributed by atoms with van der Waals surface area (Å²) in [5.41, 5.74) is 1.29. The maximum atomic E-state index is 12.4. The van der Waals surface area contributed by atoms with Gasteiger partial charge >= 0.3 is 0 Å². The number of sulfonamides is 1. The number of carbonyl (C=O) groups is 1. The van der Waals surface area contributed by atoms with Gasteiger partial charge in [-0.1, -0.05) is 31.5 Å². The highest BCUT2D eigenvalue weighted by atomic mass is 32.2. The Bertz CT molecular complexity index is 1130. The second kappa shape index (κ2) is 10.7. The molecule has 1 aromatic heterocycles. The van der Waals surface area contributed by atoms with Gasteiger partial charge in [-0.3, -0.25) is 9.52 Å². The number of ether oxygens (including phenoxy) is 1. The Morgan fingerprint density at radius 1 is 1.16 bits per heavy atom. The topological polar surface area (TPSA) is 97.4 Å². The summed E-state index contributed by atoms with van der Waals surface area (Å²) in [5, 5.41) is 4.69. The van der Waals surface area contributed by atoms with E-state index in [1.54, 1.807) is 11.5 Å². The van der Waals surface area contributed by atoms with Crippen molar-refractivity contribution in [3.63, 3.8) is 0 Å².